The van der Waals surface area contributed by atoms with Gasteiger partial charge in [-0.1, -0.05) is 0 Å². The van der Waals surface area contributed by atoms with Crippen molar-refractivity contribution >= 4 is 0 Å². The SMILES string of the molecule is CN1CCCC(NC2CN(C)CC2N)C1. The van der Waals surface area contributed by atoms with Crippen molar-refractivity contribution in [1.29, 1.82) is 0 Å². The van der Waals surface area contributed by atoms with Crippen LogP contribution in [0.25, 0.3) is 0 Å². The third-order valence-corrected chi connectivity index (χ3v) is 3.62. The molecular formula is C11H24N4. The maximum atomic E-state index is 6.10. The highest BCUT2D eigenvalue weighted by atomic mass is 15.2. The summed E-state index contributed by atoms with van der Waals surface area (Å²) in [5.41, 5.74) is 6.10. The smallest absolute Gasteiger partial charge is 0.0362 e. The minimum atomic E-state index is 0.308. The average molecular weight is 212 g/mol. The van der Waals surface area contributed by atoms with Gasteiger partial charge in [-0.2, -0.15) is 0 Å². The molecule has 0 bridgehead atoms. The highest BCUT2D eigenvalue weighted by molar-refractivity contribution is 4.93. The van der Waals surface area contributed by atoms with Crippen LogP contribution in [0, 0.1) is 0 Å². The maximum absolute atomic E-state index is 6.10. The molecule has 2 aliphatic rings. The van der Waals surface area contributed by atoms with Gasteiger partial charge >= 0.3 is 0 Å². The van der Waals surface area contributed by atoms with Gasteiger partial charge in [-0.25, -0.2) is 0 Å². The van der Waals surface area contributed by atoms with Crippen LogP contribution in [0.1, 0.15) is 12.8 Å². The van der Waals surface area contributed by atoms with Crippen molar-refractivity contribution in [1.82, 2.24) is 15.1 Å². The zero-order valence-electron chi connectivity index (χ0n) is 9.95. The lowest BCUT2D eigenvalue weighted by Crippen LogP contribution is -2.53. The summed E-state index contributed by atoms with van der Waals surface area (Å²) in [6.45, 7) is 4.54. The van der Waals surface area contributed by atoms with Gasteiger partial charge in [0, 0.05) is 37.8 Å². The Morgan fingerprint density at radius 3 is 2.53 bits per heavy atom. The van der Waals surface area contributed by atoms with Crippen LogP contribution in [0.15, 0.2) is 0 Å². The number of rotatable bonds is 2. The van der Waals surface area contributed by atoms with Crippen molar-refractivity contribution in [2.24, 2.45) is 5.73 Å². The topological polar surface area (TPSA) is 44.5 Å². The third-order valence-electron chi connectivity index (χ3n) is 3.62. The van der Waals surface area contributed by atoms with E-state index >= 15 is 0 Å². The van der Waals surface area contributed by atoms with Crippen molar-refractivity contribution in [2.45, 2.75) is 31.0 Å². The number of nitrogens with zero attached hydrogens (tertiary/aromatic N) is 2. The second kappa shape index (κ2) is 4.78. The van der Waals surface area contributed by atoms with E-state index in [-0.39, 0.29) is 0 Å². The first-order chi connectivity index (χ1) is 7.15. The first-order valence-electron chi connectivity index (χ1n) is 6.04. The predicted molar refractivity (Wildman–Crippen MR) is 62.9 cm³/mol. The van der Waals surface area contributed by atoms with Crippen LogP contribution in [0.2, 0.25) is 0 Å². The monoisotopic (exact) mass is 212 g/mol. The largest absolute Gasteiger partial charge is 0.325 e. The van der Waals surface area contributed by atoms with E-state index < -0.39 is 0 Å². The lowest BCUT2D eigenvalue weighted by atomic mass is 10.0. The average Bonchev–Trinajstić information content (AvgIpc) is 2.45. The summed E-state index contributed by atoms with van der Waals surface area (Å²) in [6.07, 6.45) is 2.61. The molecule has 0 aromatic rings. The molecule has 0 radical (unpaired) electrons. The van der Waals surface area contributed by atoms with Gasteiger partial charge in [-0.3, -0.25) is 0 Å². The molecule has 0 aromatic carbocycles. The van der Waals surface area contributed by atoms with E-state index in [0.717, 1.165) is 13.1 Å². The summed E-state index contributed by atoms with van der Waals surface area (Å²) in [5.74, 6) is 0. The minimum Gasteiger partial charge on any atom is -0.325 e. The zero-order valence-corrected chi connectivity index (χ0v) is 9.95. The van der Waals surface area contributed by atoms with E-state index in [9.17, 15) is 0 Å². The normalized spacial score (nSPS) is 39.8. The molecular weight excluding hydrogens is 188 g/mol. The molecule has 2 saturated heterocycles. The Balaban J connectivity index is 1.80. The Morgan fingerprint density at radius 2 is 1.93 bits per heavy atom. The second-order valence-electron chi connectivity index (χ2n) is 5.26. The van der Waals surface area contributed by atoms with Gasteiger partial charge in [0.1, 0.15) is 0 Å². The second-order valence-corrected chi connectivity index (χ2v) is 5.26. The summed E-state index contributed by atoms with van der Waals surface area (Å²) < 4.78 is 0. The van der Waals surface area contributed by atoms with E-state index in [0.29, 0.717) is 18.1 Å². The Bertz CT molecular complexity index is 209. The molecule has 4 nitrogen and oxygen atoms in total. The van der Waals surface area contributed by atoms with Crippen molar-refractivity contribution < 1.29 is 0 Å². The molecule has 15 heavy (non-hydrogen) atoms. The highest BCUT2D eigenvalue weighted by Crippen LogP contribution is 2.12. The van der Waals surface area contributed by atoms with E-state index in [1.807, 2.05) is 0 Å². The Labute approximate surface area is 92.8 Å². The first kappa shape index (κ1) is 11.3. The summed E-state index contributed by atoms with van der Waals surface area (Å²) in [5, 5.41) is 3.72. The third kappa shape index (κ3) is 2.91. The number of piperidine rings is 1. The molecule has 2 rings (SSSR count). The van der Waals surface area contributed by atoms with Crippen LogP contribution in [0.3, 0.4) is 0 Å². The van der Waals surface area contributed by atoms with Gasteiger partial charge in [0.15, 0.2) is 0 Å². The number of hydrogen-bond donors (Lipinski definition) is 2. The van der Waals surface area contributed by atoms with Crippen LogP contribution in [0.4, 0.5) is 0 Å². The van der Waals surface area contributed by atoms with E-state index in [4.69, 9.17) is 5.73 Å². The number of nitrogens with one attached hydrogen (secondary N) is 1. The van der Waals surface area contributed by atoms with Crippen molar-refractivity contribution in [2.75, 3.05) is 40.3 Å². The highest BCUT2D eigenvalue weighted by Gasteiger charge is 2.30. The summed E-state index contributed by atoms with van der Waals surface area (Å²) >= 11 is 0. The minimum absolute atomic E-state index is 0.308. The Kier molecular flexibility index (Phi) is 3.61. The molecule has 0 amide bonds. The van der Waals surface area contributed by atoms with Gasteiger partial charge < -0.3 is 20.9 Å². The summed E-state index contributed by atoms with van der Waals surface area (Å²) in [4.78, 5) is 4.72. The molecule has 0 spiro atoms. The van der Waals surface area contributed by atoms with Crippen LogP contribution in [-0.2, 0) is 0 Å². The fourth-order valence-corrected chi connectivity index (χ4v) is 2.81. The molecule has 2 heterocycles. The molecule has 88 valence electrons. The maximum Gasteiger partial charge on any atom is 0.0362 e. The quantitative estimate of drug-likeness (QED) is 0.636. The molecule has 3 unspecified atom stereocenters. The van der Waals surface area contributed by atoms with Gasteiger partial charge in [0.25, 0.3) is 0 Å². The van der Waals surface area contributed by atoms with Crippen molar-refractivity contribution in [3.8, 4) is 0 Å². The van der Waals surface area contributed by atoms with E-state index in [1.165, 1.54) is 25.9 Å². The van der Waals surface area contributed by atoms with Gasteiger partial charge in [-0.05, 0) is 33.5 Å². The van der Waals surface area contributed by atoms with E-state index in [1.54, 1.807) is 0 Å². The Hall–Kier alpha value is -0.160. The van der Waals surface area contributed by atoms with Crippen LogP contribution in [0.5, 0.6) is 0 Å². The lowest BCUT2D eigenvalue weighted by molar-refractivity contribution is 0.214. The molecule has 2 aliphatic heterocycles. The van der Waals surface area contributed by atoms with Crippen LogP contribution >= 0.6 is 0 Å². The number of hydrogen-bond acceptors (Lipinski definition) is 4. The molecule has 2 fully saturated rings. The number of likely N-dealkylation sites (tertiary alicyclic amines) is 2. The van der Waals surface area contributed by atoms with E-state index in [2.05, 4.69) is 29.2 Å². The number of nitrogens with two attached hydrogens (primary N) is 1. The van der Waals surface area contributed by atoms with Crippen molar-refractivity contribution in [3.63, 3.8) is 0 Å². The van der Waals surface area contributed by atoms with Crippen molar-refractivity contribution in [3.05, 3.63) is 0 Å². The first-order valence-corrected chi connectivity index (χ1v) is 6.04. The summed E-state index contributed by atoms with van der Waals surface area (Å²) in [6, 6.07) is 1.44. The molecule has 0 saturated carbocycles. The molecule has 0 aliphatic carbocycles. The fourth-order valence-electron chi connectivity index (χ4n) is 2.81. The zero-order chi connectivity index (χ0) is 10.8. The number of likely N-dealkylation sites (N-methyl/N-ethyl adjacent to an activating group) is 2. The summed E-state index contributed by atoms with van der Waals surface area (Å²) in [7, 11) is 4.35. The molecule has 3 atom stereocenters. The Morgan fingerprint density at radius 1 is 1.13 bits per heavy atom. The van der Waals surface area contributed by atoms with Gasteiger partial charge in [0.05, 0.1) is 0 Å². The van der Waals surface area contributed by atoms with Crippen LogP contribution < -0.4 is 11.1 Å². The van der Waals surface area contributed by atoms with Gasteiger partial charge in [0.2, 0.25) is 0 Å². The lowest BCUT2D eigenvalue weighted by Gasteiger charge is -2.33. The molecule has 4 heteroatoms. The molecule has 3 N–H and O–H groups in total. The van der Waals surface area contributed by atoms with Gasteiger partial charge in [-0.15, -0.1) is 0 Å². The fraction of sp³-hybridized carbons (Fsp3) is 1.00. The standard InChI is InChI=1S/C11H24N4/c1-14-5-3-4-9(6-14)13-11-8-15(2)7-10(11)12/h9-11,13H,3-8,12H2,1-2H3. The predicted octanol–water partition coefficient (Wildman–Crippen LogP) is -0.688. The molecule has 0 aromatic heterocycles. The van der Waals surface area contributed by atoms with Crippen LogP contribution in [-0.4, -0.2) is 68.2 Å².